The topological polar surface area (TPSA) is 0 Å². The molecule has 0 aromatic heterocycles. The van der Waals surface area contributed by atoms with Crippen molar-refractivity contribution in [2.75, 3.05) is 0 Å². The summed E-state index contributed by atoms with van der Waals surface area (Å²) in [5, 5.41) is 0. The van der Waals surface area contributed by atoms with Crippen molar-refractivity contribution in [3.05, 3.63) is 35.9 Å². The van der Waals surface area contributed by atoms with Crippen molar-refractivity contribution >= 4 is 15.9 Å². The quantitative estimate of drug-likeness (QED) is 0.326. The lowest BCUT2D eigenvalue weighted by atomic mass is 9.85. The van der Waals surface area contributed by atoms with Crippen LogP contribution in [0.5, 0.6) is 0 Å². The summed E-state index contributed by atoms with van der Waals surface area (Å²) in [6, 6.07) is 10.9. The van der Waals surface area contributed by atoms with Crippen LogP contribution < -0.4 is 0 Å². The summed E-state index contributed by atoms with van der Waals surface area (Å²) < 4.78 is 0.228. The van der Waals surface area contributed by atoms with Gasteiger partial charge in [0.1, 0.15) is 0 Å². The SMILES string of the molecule is CCCCCCCCC(Cc1ccccc1)C(C)(C)Br. The summed E-state index contributed by atoms with van der Waals surface area (Å²) in [4.78, 5) is 0. The zero-order valence-electron chi connectivity index (χ0n) is 13.5. The molecule has 1 aromatic rings. The maximum Gasteiger partial charge on any atom is 0.0233 e. The molecule has 0 spiro atoms. The lowest BCUT2D eigenvalue weighted by Gasteiger charge is -2.29. The highest BCUT2D eigenvalue weighted by molar-refractivity contribution is 9.10. The van der Waals surface area contributed by atoms with Crippen LogP contribution in [0.2, 0.25) is 0 Å². The van der Waals surface area contributed by atoms with Crippen LogP contribution in [0.25, 0.3) is 0 Å². The van der Waals surface area contributed by atoms with Crippen LogP contribution in [0, 0.1) is 5.92 Å². The Kier molecular flexibility index (Phi) is 8.52. The van der Waals surface area contributed by atoms with E-state index in [-0.39, 0.29) is 4.32 Å². The average Bonchev–Trinajstić information content (AvgIpc) is 2.41. The molecule has 0 nitrogen and oxygen atoms in total. The van der Waals surface area contributed by atoms with Crippen LogP contribution in [0.4, 0.5) is 0 Å². The van der Waals surface area contributed by atoms with Crippen molar-refractivity contribution in [1.29, 1.82) is 0 Å². The van der Waals surface area contributed by atoms with Crippen LogP contribution in [0.3, 0.4) is 0 Å². The van der Waals surface area contributed by atoms with Gasteiger partial charge in [0.05, 0.1) is 0 Å². The minimum absolute atomic E-state index is 0.228. The Morgan fingerprint density at radius 1 is 0.950 bits per heavy atom. The maximum absolute atomic E-state index is 3.90. The fourth-order valence-corrected chi connectivity index (χ4v) is 3.15. The molecule has 1 atom stereocenters. The van der Waals surface area contributed by atoms with Crippen molar-refractivity contribution in [3.63, 3.8) is 0 Å². The van der Waals surface area contributed by atoms with E-state index in [0.717, 1.165) is 5.92 Å². The van der Waals surface area contributed by atoms with E-state index >= 15 is 0 Å². The first kappa shape index (κ1) is 17.8. The molecule has 0 heterocycles. The van der Waals surface area contributed by atoms with E-state index in [4.69, 9.17) is 0 Å². The number of rotatable bonds is 10. The molecule has 0 fully saturated rings. The molecule has 0 aliphatic carbocycles. The largest absolute Gasteiger partial charge is 0.0856 e. The van der Waals surface area contributed by atoms with Crippen LogP contribution in [-0.2, 0) is 6.42 Å². The molecule has 1 unspecified atom stereocenters. The van der Waals surface area contributed by atoms with E-state index in [2.05, 4.69) is 67.0 Å². The third-order valence-corrected chi connectivity index (χ3v) is 4.85. The third-order valence-electron chi connectivity index (χ3n) is 4.20. The van der Waals surface area contributed by atoms with Crippen molar-refractivity contribution < 1.29 is 0 Å². The van der Waals surface area contributed by atoms with E-state index in [0.29, 0.717) is 0 Å². The van der Waals surface area contributed by atoms with E-state index < -0.39 is 0 Å². The molecule has 20 heavy (non-hydrogen) atoms. The van der Waals surface area contributed by atoms with Crippen molar-refractivity contribution in [2.24, 2.45) is 5.92 Å². The van der Waals surface area contributed by atoms with Gasteiger partial charge in [-0.1, -0.05) is 91.7 Å². The highest BCUT2D eigenvalue weighted by atomic mass is 79.9. The predicted molar refractivity (Wildman–Crippen MR) is 94.6 cm³/mol. The maximum atomic E-state index is 3.90. The third kappa shape index (κ3) is 7.47. The summed E-state index contributed by atoms with van der Waals surface area (Å²) in [6.07, 6.45) is 10.9. The summed E-state index contributed by atoms with van der Waals surface area (Å²) in [5.41, 5.74) is 1.47. The molecule has 0 saturated carbocycles. The van der Waals surface area contributed by atoms with Crippen molar-refractivity contribution in [3.8, 4) is 0 Å². The average molecular weight is 339 g/mol. The molecule has 0 aliphatic rings. The van der Waals surface area contributed by atoms with E-state index in [1.54, 1.807) is 0 Å². The minimum atomic E-state index is 0.228. The first-order chi connectivity index (χ1) is 9.54. The first-order valence-corrected chi connectivity index (χ1v) is 9.06. The zero-order chi connectivity index (χ0) is 14.8. The van der Waals surface area contributed by atoms with E-state index in [1.807, 2.05) is 0 Å². The second-order valence-electron chi connectivity index (χ2n) is 6.51. The van der Waals surface area contributed by atoms with Gasteiger partial charge < -0.3 is 0 Å². The number of hydrogen-bond acceptors (Lipinski definition) is 0. The molecular formula is C19H31Br. The summed E-state index contributed by atoms with van der Waals surface area (Å²) in [6.45, 7) is 6.92. The van der Waals surface area contributed by atoms with Gasteiger partial charge in [0.15, 0.2) is 0 Å². The smallest absolute Gasteiger partial charge is 0.0233 e. The lowest BCUT2D eigenvalue weighted by molar-refractivity contribution is 0.380. The second-order valence-corrected chi connectivity index (χ2v) is 8.55. The number of alkyl halides is 1. The van der Waals surface area contributed by atoms with Gasteiger partial charge in [-0.3, -0.25) is 0 Å². The summed E-state index contributed by atoms with van der Waals surface area (Å²) in [7, 11) is 0. The van der Waals surface area contributed by atoms with Crippen molar-refractivity contribution in [2.45, 2.75) is 76.5 Å². The number of unbranched alkanes of at least 4 members (excludes halogenated alkanes) is 5. The van der Waals surface area contributed by atoms with Gasteiger partial charge in [-0.25, -0.2) is 0 Å². The Balaban J connectivity index is 2.38. The molecule has 1 aromatic carbocycles. The van der Waals surface area contributed by atoms with Crippen LogP contribution >= 0.6 is 15.9 Å². The molecule has 1 heteroatoms. The van der Waals surface area contributed by atoms with Gasteiger partial charge >= 0.3 is 0 Å². The molecule has 0 amide bonds. The minimum Gasteiger partial charge on any atom is -0.0856 e. The Labute approximate surface area is 134 Å². The van der Waals surface area contributed by atoms with Crippen molar-refractivity contribution in [1.82, 2.24) is 0 Å². The lowest BCUT2D eigenvalue weighted by Crippen LogP contribution is -2.26. The fourth-order valence-electron chi connectivity index (χ4n) is 2.76. The molecule has 0 aliphatic heterocycles. The fraction of sp³-hybridized carbons (Fsp3) is 0.684. The van der Waals surface area contributed by atoms with Gasteiger partial charge in [0.25, 0.3) is 0 Å². The normalized spacial score (nSPS) is 13.4. The Bertz CT molecular complexity index is 337. The van der Waals surface area contributed by atoms with Gasteiger partial charge in [-0.15, -0.1) is 0 Å². The van der Waals surface area contributed by atoms with Gasteiger partial charge in [-0.2, -0.15) is 0 Å². The van der Waals surface area contributed by atoms with E-state index in [9.17, 15) is 0 Å². The standard InChI is InChI=1S/C19H31Br/c1-4-5-6-7-8-12-15-18(19(2,3)20)16-17-13-10-9-11-14-17/h9-11,13-14,18H,4-8,12,15-16H2,1-3H3. The van der Waals surface area contributed by atoms with Crippen LogP contribution in [0.15, 0.2) is 30.3 Å². The molecule has 114 valence electrons. The van der Waals surface area contributed by atoms with Crippen LogP contribution in [-0.4, -0.2) is 4.32 Å². The monoisotopic (exact) mass is 338 g/mol. The van der Waals surface area contributed by atoms with Gasteiger partial charge in [0, 0.05) is 4.32 Å². The molecule has 1 rings (SSSR count). The molecular weight excluding hydrogens is 308 g/mol. The van der Waals surface area contributed by atoms with Crippen LogP contribution in [0.1, 0.15) is 71.3 Å². The van der Waals surface area contributed by atoms with Gasteiger partial charge in [0.2, 0.25) is 0 Å². The number of benzene rings is 1. The Morgan fingerprint density at radius 2 is 1.55 bits per heavy atom. The summed E-state index contributed by atoms with van der Waals surface area (Å²) in [5.74, 6) is 0.719. The Morgan fingerprint density at radius 3 is 2.15 bits per heavy atom. The molecule has 0 radical (unpaired) electrons. The highest BCUT2D eigenvalue weighted by Gasteiger charge is 2.26. The first-order valence-electron chi connectivity index (χ1n) is 8.27. The second kappa shape index (κ2) is 9.60. The molecule has 0 saturated heterocycles. The highest BCUT2D eigenvalue weighted by Crippen LogP contribution is 2.33. The van der Waals surface area contributed by atoms with E-state index in [1.165, 1.54) is 56.9 Å². The number of hydrogen-bond donors (Lipinski definition) is 0. The molecule has 0 bridgehead atoms. The molecule has 0 N–H and O–H groups in total. The zero-order valence-corrected chi connectivity index (χ0v) is 15.1. The number of halogens is 1. The predicted octanol–water partition coefficient (Wildman–Crippen LogP) is 6.77. The Hall–Kier alpha value is -0.300. The summed E-state index contributed by atoms with van der Waals surface area (Å²) >= 11 is 3.90. The van der Waals surface area contributed by atoms with Gasteiger partial charge in [-0.05, 0) is 38.2 Å².